The van der Waals surface area contributed by atoms with Gasteiger partial charge in [0.15, 0.2) is 0 Å². The molecule has 1 fully saturated rings. The molecule has 0 aliphatic heterocycles. The molecule has 33 heavy (non-hydrogen) atoms. The summed E-state index contributed by atoms with van der Waals surface area (Å²) in [5.74, 6) is 5.28. The van der Waals surface area contributed by atoms with Crippen LogP contribution in [0.3, 0.4) is 0 Å². The molecule has 3 rings (SSSR count). The first-order chi connectivity index (χ1) is 15.5. The zero-order chi connectivity index (χ0) is 24.2. The van der Waals surface area contributed by atoms with Crippen LogP contribution >= 0.6 is 0 Å². The van der Waals surface area contributed by atoms with Gasteiger partial charge in [-0.05, 0) is 32.8 Å². The molecule has 4 N–H and O–H groups in total. The number of hydrogen-bond acceptors (Lipinski definition) is 10. The van der Waals surface area contributed by atoms with Gasteiger partial charge in [-0.25, -0.2) is 9.97 Å². The fraction of sp³-hybridized carbons (Fsp3) is 0.500. The number of anilines is 1. The van der Waals surface area contributed by atoms with Crippen LogP contribution in [0.2, 0.25) is 0 Å². The first-order valence-electron chi connectivity index (χ1n) is 10.1. The van der Waals surface area contributed by atoms with E-state index >= 15 is 0 Å². The van der Waals surface area contributed by atoms with Gasteiger partial charge in [-0.2, -0.15) is 18.2 Å². The molecule has 2 aromatic heterocycles. The highest BCUT2D eigenvalue weighted by Crippen LogP contribution is 2.27. The quantitative estimate of drug-likeness (QED) is 0.286. The third kappa shape index (κ3) is 6.80. The topological polar surface area (TPSA) is 169 Å². The highest BCUT2D eigenvalue weighted by Gasteiger charge is 2.37. The Labute approximate surface area is 191 Å². The largest absolute Gasteiger partial charge is 0.390 e. The van der Waals surface area contributed by atoms with Crippen molar-refractivity contribution in [3.8, 4) is 11.8 Å². The van der Waals surface area contributed by atoms with Crippen LogP contribution in [0.25, 0.3) is 0 Å². The smallest absolute Gasteiger partial charge is 0.335 e. The SMILES string of the molecule is CNS(=O)(=O)O[C@@H]1C[C@H](Nc2ncncc2C(=O)c2ccn(CC#CC(C)(C)O)n2)C[C@@H]1O. The lowest BCUT2D eigenvalue weighted by molar-refractivity contribution is 0.0636. The number of aliphatic hydroxyl groups excluding tert-OH is 1. The van der Waals surface area contributed by atoms with Crippen LogP contribution in [0.15, 0.2) is 24.8 Å². The van der Waals surface area contributed by atoms with E-state index in [-0.39, 0.29) is 42.5 Å². The molecule has 13 heteroatoms. The van der Waals surface area contributed by atoms with Crippen molar-refractivity contribution in [3.05, 3.63) is 36.0 Å². The molecule has 0 aromatic carbocycles. The van der Waals surface area contributed by atoms with Crippen molar-refractivity contribution in [2.45, 2.75) is 57.1 Å². The molecule has 178 valence electrons. The van der Waals surface area contributed by atoms with Crippen LogP contribution in [-0.4, -0.2) is 75.1 Å². The summed E-state index contributed by atoms with van der Waals surface area (Å²) in [4.78, 5) is 21.1. The summed E-state index contributed by atoms with van der Waals surface area (Å²) in [6.07, 6.45) is 2.68. The predicted molar refractivity (Wildman–Crippen MR) is 117 cm³/mol. The highest BCUT2D eigenvalue weighted by molar-refractivity contribution is 7.84. The summed E-state index contributed by atoms with van der Waals surface area (Å²) in [6.45, 7) is 3.34. The molecular formula is C20H26N6O6S. The summed E-state index contributed by atoms with van der Waals surface area (Å²) >= 11 is 0. The maximum atomic E-state index is 13.0. The van der Waals surface area contributed by atoms with E-state index in [4.69, 9.17) is 4.18 Å². The number of nitrogens with one attached hydrogen (secondary N) is 2. The lowest BCUT2D eigenvalue weighted by Gasteiger charge is -2.15. The number of aliphatic hydroxyl groups is 2. The second-order valence-corrected chi connectivity index (χ2v) is 9.56. The average Bonchev–Trinajstić information content (AvgIpc) is 3.33. The number of carbonyl (C=O) groups excluding carboxylic acids is 1. The van der Waals surface area contributed by atoms with Crippen molar-refractivity contribution < 1.29 is 27.6 Å². The zero-order valence-corrected chi connectivity index (χ0v) is 19.2. The summed E-state index contributed by atoms with van der Waals surface area (Å²) in [6, 6.07) is 1.16. The monoisotopic (exact) mass is 478 g/mol. The molecule has 12 nitrogen and oxygen atoms in total. The molecule has 0 spiro atoms. The van der Waals surface area contributed by atoms with Gasteiger partial charge in [-0.3, -0.25) is 13.7 Å². The van der Waals surface area contributed by atoms with Crippen molar-refractivity contribution in [1.82, 2.24) is 24.5 Å². The Balaban J connectivity index is 1.71. The molecule has 2 aromatic rings. The molecule has 0 unspecified atom stereocenters. The average molecular weight is 479 g/mol. The molecule has 1 aliphatic carbocycles. The molecule has 0 radical (unpaired) electrons. The van der Waals surface area contributed by atoms with E-state index in [1.807, 2.05) is 4.72 Å². The molecule has 0 bridgehead atoms. The van der Waals surface area contributed by atoms with E-state index in [0.29, 0.717) is 0 Å². The second kappa shape index (κ2) is 9.94. The van der Waals surface area contributed by atoms with E-state index in [9.17, 15) is 23.4 Å². The number of rotatable bonds is 8. The second-order valence-electron chi connectivity index (χ2n) is 8.05. The van der Waals surface area contributed by atoms with E-state index in [1.165, 1.54) is 30.3 Å². The number of hydrogen-bond donors (Lipinski definition) is 4. The Morgan fingerprint density at radius 3 is 2.85 bits per heavy atom. The summed E-state index contributed by atoms with van der Waals surface area (Å²) in [5.41, 5.74) is -0.791. The van der Waals surface area contributed by atoms with E-state index < -0.39 is 33.9 Å². The lowest BCUT2D eigenvalue weighted by atomic mass is 10.1. The van der Waals surface area contributed by atoms with Crippen molar-refractivity contribution in [1.29, 1.82) is 0 Å². The predicted octanol–water partition coefficient (Wildman–Crippen LogP) is -0.537. The molecule has 1 aliphatic rings. The zero-order valence-electron chi connectivity index (χ0n) is 18.4. The van der Waals surface area contributed by atoms with Crippen molar-refractivity contribution >= 4 is 21.9 Å². The maximum absolute atomic E-state index is 13.0. The summed E-state index contributed by atoms with van der Waals surface area (Å²) in [5, 5.41) is 27.1. The van der Waals surface area contributed by atoms with E-state index in [2.05, 4.69) is 32.2 Å². The Morgan fingerprint density at radius 2 is 2.15 bits per heavy atom. The van der Waals surface area contributed by atoms with Gasteiger partial charge in [-0.1, -0.05) is 11.8 Å². The number of carbonyl (C=O) groups is 1. The standard InChI is InChI=1S/C20H26N6O6S/c1-20(2,29)6-4-7-26-8-5-15(25-26)18(28)14-11-22-12-23-19(14)24-13-9-16(27)17(10-13)32-33(30,31)21-3/h5,8,11-13,16-17,21,27,29H,7,9-10H2,1-3H3,(H,22,23,24)/t13-,16+,17-/m1/s1. The van der Waals surface area contributed by atoms with Gasteiger partial charge < -0.3 is 15.5 Å². The minimum Gasteiger partial charge on any atom is -0.390 e. The third-order valence-corrected chi connectivity index (χ3v) is 5.78. The fourth-order valence-electron chi connectivity index (χ4n) is 3.26. The first-order valence-corrected chi connectivity index (χ1v) is 11.5. The number of ketones is 1. The van der Waals surface area contributed by atoms with Crippen molar-refractivity contribution in [3.63, 3.8) is 0 Å². The lowest BCUT2D eigenvalue weighted by Crippen LogP contribution is -2.31. The maximum Gasteiger partial charge on any atom is 0.335 e. The molecule has 0 amide bonds. The normalized spacial score (nSPS) is 20.8. The van der Waals surface area contributed by atoms with Crippen LogP contribution in [0, 0.1) is 11.8 Å². The van der Waals surface area contributed by atoms with Gasteiger partial charge in [0.25, 0.3) is 0 Å². The molecule has 1 saturated carbocycles. The van der Waals surface area contributed by atoms with Gasteiger partial charge in [0.1, 0.15) is 36.1 Å². The van der Waals surface area contributed by atoms with Crippen molar-refractivity contribution in [2.75, 3.05) is 12.4 Å². The van der Waals surface area contributed by atoms with Crippen LogP contribution in [0.5, 0.6) is 0 Å². The molecule has 0 saturated heterocycles. The van der Waals surface area contributed by atoms with Gasteiger partial charge in [0.05, 0.1) is 11.7 Å². The van der Waals surface area contributed by atoms with Crippen LogP contribution in [-0.2, 0) is 21.0 Å². The molecule has 3 atom stereocenters. The van der Waals surface area contributed by atoms with Crippen LogP contribution < -0.4 is 10.0 Å². The Morgan fingerprint density at radius 1 is 1.39 bits per heavy atom. The Kier molecular flexibility index (Phi) is 7.45. The molecule has 2 heterocycles. The van der Waals surface area contributed by atoms with Gasteiger partial charge >= 0.3 is 10.3 Å². The number of nitrogens with zero attached hydrogens (tertiary/aromatic N) is 4. The minimum atomic E-state index is -3.95. The van der Waals surface area contributed by atoms with Gasteiger partial charge in [0.2, 0.25) is 5.78 Å². The van der Waals surface area contributed by atoms with Gasteiger partial charge in [0, 0.05) is 25.5 Å². The summed E-state index contributed by atoms with van der Waals surface area (Å²) in [7, 11) is -2.74. The van der Waals surface area contributed by atoms with Crippen molar-refractivity contribution in [2.24, 2.45) is 0 Å². The fourth-order valence-corrected chi connectivity index (χ4v) is 3.89. The summed E-state index contributed by atoms with van der Waals surface area (Å²) < 4.78 is 31.7. The van der Waals surface area contributed by atoms with Crippen LogP contribution in [0.1, 0.15) is 42.7 Å². The Hall–Kier alpha value is -2.89. The van der Waals surface area contributed by atoms with Crippen LogP contribution in [0.4, 0.5) is 5.82 Å². The Bertz CT molecular complexity index is 1160. The number of aromatic nitrogens is 4. The minimum absolute atomic E-state index is 0.158. The first kappa shape index (κ1) is 24.7. The van der Waals surface area contributed by atoms with E-state index in [0.717, 1.165) is 0 Å². The third-order valence-electron chi connectivity index (χ3n) is 4.78. The van der Waals surface area contributed by atoms with Gasteiger partial charge in [-0.15, -0.1) is 0 Å². The van der Waals surface area contributed by atoms with E-state index in [1.54, 1.807) is 20.0 Å². The highest BCUT2D eigenvalue weighted by atomic mass is 32.2. The molecular weight excluding hydrogens is 452 g/mol.